The van der Waals surface area contributed by atoms with E-state index in [0.29, 0.717) is 12.8 Å². The Balaban J connectivity index is 1.18. The van der Waals surface area contributed by atoms with Crippen LogP contribution in [-0.4, -0.2) is 41.3 Å². The van der Waals surface area contributed by atoms with Gasteiger partial charge in [0.2, 0.25) is 5.91 Å². The largest absolute Gasteiger partial charge is 0.480 e. The Morgan fingerprint density at radius 3 is 2.12 bits per heavy atom. The van der Waals surface area contributed by atoms with Crippen molar-refractivity contribution in [2.75, 3.05) is 6.61 Å². The molecule has 0 saturated heterocycles. The summed E-state index contributed by atoms with van der Waals surface area (Å²) in [4.78, 5) is 36.9. The summed E-state index contributed by atoms with van der Waals surface area (Å²) in [7, 11) is 0. The molecule has 0 aliphatic heterocycles. The molecule has 3 aliphatic carbocycles. The Morgan fingerprint density at radius 2 is 1.61 bits per heavy atom. The van der Waals surface area contributed by atoms with Crippen LogP contribution >= 0.6 is 0 Å². The van der Waals surface area contributed by atoms with Crippen LogP contribution in [-0.2, 0) is 14.3 Å². The number of ether oxygens (including phenoxy) is 1. The standard InChI is InChI=1S/C26H28N2O5/c1-16(22(29)28-26(23(30)31)14-25(15-26)11-6-12-25)27-24(32)33-13-21-19-9-4-2-7-17(19)18-8-3-5-10-20(18)21/h2-5,7-10,16,21H,6,11-15H2,1H3,(H,27,32)(H,28,29)(H,30,31)/t16-/m1/s1. The van der Waals surface area contributed by atoms with Gasteiger partial charge in [-0.1, -0.05) is 55.0 Å². The van der Waals surface area contributed by atoms with E-state index < -0.39 is 29.6 Å². The lowest BCUT2D eigenvalue weighted by molar-refractivity contribution is -0.165. The summed E-state index contributed by atoms with van der Waals surface area (Å²) in [5, 5.41) is 14.9. The van der Waals surface area contributed by atoms with E-state index in [1.807, 2.05) is 36.4 Å². The molecule has 7 nitrogen and oxygen atoms in total. The molecule has 2 aromatic carbocycles. The van der Waals surface area contributed by atoms with Gasteiger partial charge in [-0.15, -0.1) is 0 Å². The lowest BCUT2D eigenvalue weighted by Crippen LogP contribution is -2.69. The van der Waals surface area contributed by atoms with Crippen LogP contribution in [0.25, 0.3) is 11.1 Å². The summed E-state index contributed by atoms with van der Waals surface area (Å²) in [6.45, 7) is 1.68. The van der Waals surface area contributed by atoms with Gasteiger partial charge in [0.25, 0.3) is 0 Å². The number of hydrogen-bond donors (Lipinski definition) is 3. The number of carboxylic acids is 1. The first-order valence-electron chi connectivity index (χ1n) is 11.5. The molecule has 33 heavy (non-hydrogen) atoms. The third-order valence-electron chi connectivity index (χ3n) is 7.61. The normalized spacial score (nSPS) is 19.9. The molecule has 172 valence electrons. The lowest BCUT2D eigenvalue weighted by Gasteiger charge is -2.59. The van der Waals surface area contributed by atoms with E-state index in [2.05, 4.69) is 22.8 Å². The fraction of sp³-hybridized carbons (Fsp3) is 0.423. The number of carbonyl (C=O) groups excluding carboxylic acids is 2. The van der Waals surface area contributed by atoms with Gasteiger partial charge in [-0.25, -0.2) is 9.59 Å². The zero-order chi connectivity index (χ0) is 23.2. The highest BCUT2D eigenvalue weighted by atomic mass is 16.5. The van der Waals surface area contributed by atoms with Crippen LogP contribution in [0.5, 0.6) is 0 Å². The van der Waals surface area contributed by atoms with Crippen LogP contribution in [0.15, 0.2) is 48.5 Å². The van der Waals surface area contributed by atoms with Crippen LogP contribution in [0.4, 0.5) is 4.79 Å². The molecule has 3 N–H and O–H groups in total. The summed E-state index contributed by atoms with van der Waals surface area (Å²) in [5.41, 5.74) is 3.34. The van der Waals surface area contributed by atoms with E-state index in [9.17, 15) is 19.5 Å². The first kappa shape index (κ1) is 21.5. The summed E-state index contributed by atoms with van der Waals surface area (Å²) >= 11 is 0. The zero-order valence-corrected chi connectivity index (χ0v) is 18.6. The van der Waals surface area contributed by atoms with Crippen LogP contribution in [0.2, 0.25) is 0 Å². The van der Waals surface area contributed by atoms with E-state index in [1.54, 1.807) is 0 Å². The van der Waals surface area contributed by atoms with Gasteiger partial charge in [0.05, 0.1) is 0 Å². The van der Waals surface area contributed by atoms with E-state index in [0.717, 1.165) is 41.5 Å². The van der Waals surface area contributed by atoms with Gasteiger partial charge >= 0.3 is 12.1 Å². The number of alkyl carbamates (subject to hydrolysis) is 1. The Morgan fingerprint density at radius 1 is 1.03 bits per heavy atom. The molecular weight excluding hydrogens is 420 g/mol. The summed E-state index contributed by atoms with van der Waals surface area (Å²) in [5.74, 6) is -1.60. The molecule has 2 amide bonds. The minimum atomic E-state index is -1.23. The van der Waals surface area contributed by atoms with Crippen molar-refractivity contribution in [3.8, 4) is 11.1 Å². The maximum Gasteiger partial charge on any atom is 0.407 e. The molecule has 3 aliphatic rings. The number of amides is 2. The molecule has 2 fully saturated rings. The lowest BCUT2D eigenvalue weighted by atomic mass is 9.48. The van der Waals surface area contributed by atoms with Gasteiger partial charge in [-0.05, 0) is 60.3 Å². The van der Waals surface area contributed by atoms with E-state index in [4.69, 9.17) is 4.74 Å². The predicted octanol–water partition coefficient (Wildman–Crippen LogP) is 3.82. The van der Waals surface area contributed by atoms with Gasteiger partial charge in [0.1, 0.15) is 18.2 Å². The van der Waals surface area contributed by atoms with Gasteiger partial charge < -0.3 is 20.5 Å². The molecule has 1 atom stereocenters. The van der Waals surface area contributed by atoms with E-state index in [1.165, 1.54) is 6.92 Å². The van der Waals surface area contributed by atoms with Crippen molar-refractivity contribution in [2.24, 2.45) is 5.41 Å². The van der Waals surface area contributed by atoms with Crippen LogP contribution in [0.3, 0.4) is 0 Å². The van der Waals surface area contributed by atoms with Gasteiger partial charge in [0, 0.05) is 5.92 Å². The first-order valence-corrected chi connectivity index (χ1v) is 11.5. The molecule has 2 saturated carbocycles. The van der Waals surface area contributed by atoms with E-state index >= 15 is 0 Å². The van der Waals surface area contributed by atoms with Crippen molar-refractivity contribution < 1.29 is 24.2 Å². The Labute approximate surface area is 192 Å². The minimum Gasteiger partial charge on any atom is -0.480 e. The zero-order valence-electron chi connectivity index (χ0n) is 18.6. The Hall–Kier alpha value is -3.35. The highest BCUT2D eigenvalue weighted by molar-refractivity contribution is 5.92. The molecule has 0 bridgehead atoms. The minimum absolute atomic E-state index is 0.0730. The fourth-order valence-electron chi connectivity index (χ4n) is 5.78. The average Bonchev–Trinajstić information content (AvgIpc) is 3.06. The predicted molar refractivity (Wildman–Crippen MR) is 122 cm³/mol. The quantitative estimate of drug-likeness (QED) is 0.623. The molecule has 0 heterocycles. The summed E-state index contributed by atoms with van der Waals surface area (Å²) < 4.78 is 5.49. The van der Waals surface area contributed by atoms with Crippen molar-refractivity contribution in [3.05, 3.63) is 59.7 Å². The van der Waals surface area contributed by atoms with Gasteiger partial charge in [0.15, 0.2) is 0 Å². The third kappa shape index (κ3) is 3.65. The number of rotatable bonds is 6. The van der Waals surface area contributed by atoms with Crippen molar-refractivity contribution in [3.63, 3.8) is 0 Å². The van der Waals surface area contributed by atoms with Crippen LogP contribution < -0.4 is 10.6 Å². The van der Waals surface area contributed by atoms with Crippen molar-refractivity contribution in [2.45, 2.75) is 56.5 Å². The second kappa shape index (κ2) is 7.90. The molecule has 0 aromatic heterocycles. The number of hydrogen-bond acceptors (Lipinski definition) is 4. The number of carbonyl (C=O) groups is 3. The molecular formula is C26H28N2O5. The molecule has 1 spiro atoms. The van der Waals surface area contributed by atoms with Crippen LogP contribution in [0, 0.1) is 5.41 Å². The van der Waals surface area contributed by atoms with Crippen molar-refractivity contribution in [1.82, 2.24) is 10.6 Å². The number of fused-ring (bicyclic) bond motifs is 3. The highest BCUT2D eigenvalue weighted by Crippen LogP contribution is 2.60. The highest BCUT2D eigenvalue weighted by Gasteiger charge is 2.62. The SMILES string of the molecule is C[C@@H](NC(=O)OCC1c2ccccc2-c2ccccc21)C(=O)NC1(C(=O)O)CC2(CCC2)C1. The Kier molecular flexibility index (Phi) is 5.15. The van der Waals surface area contributed by atoms with Crippen molar-refractivity contribution >= 4 is 18.0 Å². The molecule has 5 rings (SSSR count). The van der Waals surface area contributed by atoms with Gasteiger partial charge in [-0.2, -0.15) is 0 Å². The number of benzene rings is 2. The third-order valence-corrected chi connectivity index (χ3v) is 7.61. The van der Waals surface area contributed by atoms with Gasteiger partial charge in [-0.3, -0.25) is 4.79 Å². The second-order valence-electron chi connectivity index (χ2n) is 9.78. The molecule has 2 aromatic rings. The number of aliphatic carboxylic acids is 1. The van der Waals surface area contributed by atoms with Crippen molar-refractivity contribution in [1.29, 1.82) is 0 Å². The first-order chi connectivity index (χ1) is 15.8. The summed E-state index contributed by atoms with van der Waals surface area (Å²) in [6, 6.07) is 15.2. The van der Waals surface area contributed by atoms with Crippen LogP contribution in [0.1, 0.15) is 56.1 Å². The molecule has 0 unspecified atom stereocenters. The number of nitrogens with one attached hydrogen (secondary N) is 2. The molecule has 0 radical (unpaired) electrons. The molecule has 7 heteroatoms. The Bertz CT molecular complexity index is 1070. The smallest absolute Gasteiger partial charge is 0.407 e. The maximum absolute atomic E-state index is 12.7. The summed E-state index contributed by atoms with van der Waals surface area (Å²) in [6.07, 6.45) is 3.37. The van der Waals surface area contributed by atoms with E-state index in [-0.39, 0.29) is 17.9 Å². The maximum atomic E-state index is 12.7. The second-order valence-corrected chi connectivity index (χ2v) is 9.78. The average molecular weight is 449 g/mol. The fourth-order valence-corrected chi connectivity index (χ4v) is 5.78. The monoisotopic (exact) mass is 448 g/mol. The number of carboxylic acid groups (broad SMARTS) is 1. The topological polar surface area (TPSA) is 105 Å².